The molecule has 1 aromatic rings. The molecule has 0 aromatic heterocycles. The Morgan fingerprint density at radius 1 is 1.20 bits per heavy atom. The fraction of sp³-hybridized carbons (Fsp3) is 0.333. The minimum absolute atomic E-state index is 0.145. The van der Waals surface area contributed by atoms with Crippen molar-refractivity contribution in [2.45, 2.75) is 20.0 Å². The lowest BCUT2D eigenvalue weighted by Gasteiger charge is -2.18. The van der Waals surface area contributed by atoms with E-state index in [0.29, 0.717) is 4.47 Å². The molecule has 0 spiro atoms. The Balaban J connectivity index is 3.06. The lowest BCUT2D eigenvalue weighted by atomic mass is 9.80. The average molecular weight is 282 g/mol. The summed E-state index contributed by atoms with van der Waals surface area (Å²) in [6, 6.07) is 3.59. The molecule has 1 aromatic carbocycles. The van der Waals surface area contributed by atoms with Gasteiger partial charge in [0.15, 0.2) is 0 Å². The lowest BCUT2D eigenvalue weighted by Crippen LogP contribution is -2.34. The number of halogens is 4. The number of hydrogen-bond donors (Lipinski definition) is 0. The summed E-state index contributed by atoms with van der Waals surface area (Å²) in [7, 11) is 0. The monoisotopic (exact) mass is 281 g/mol. The van der Waals surface area contributed by atoms with Crippen LogP contribution >= 0.6 is 15.9 Å². The fourth-order valence-electron chi connectivity index (χ4n) is 1.11. The topological polar surface area (TPSA) is 9.23 Å². The average Bonchev–Trinajstić information content (AvgIpc) is 1.99. The third-order valence-electron chi connectivity index (χ3n) is 1.64. The van der Waals surface area contributed by atoms with Crippen LogP contribution in [0.4, 0.5) is 12.9 Å². The molecule has 0 aliphatic rings. The first kappa shape index (κ1) is 12.4. The van der Waals surface area contributed by atoms with Gasteiger partial charge in [-0.25, -0.2) is 0 Å². The molecule has 0 heterocycles. The van der Waals surface area contributed by atoms with Crippen LogP contribution in [0, 0.1) is 0 Å². The van der Waals surface area contributed by atoms with Crippen molar-refractivity contribution in [3.8, 4) is 5.75 Å². The van der Waals surface area contributed by atoms with Crippen molar-refractivity contribution in [2.75, 3.05) is 0 Å². The molecule has 1 nitrogen and oxygen atoms in total. The molecule has 0 unspecified atom stereocenters. The quantitative estimate of drug-likeness (QED) is 0.773. The van der Waals surface area contributed by atoms with E-state index in [2.05, 4.69) is 15.9 Å². The maximum Gasteiger partial charge on any atom is 0.509 e. The molecule has 0 saturated carbocycles. The molecule has 0 amide bonds. The smallest absolute Gasteiger partial charge is 0.491 e. The Kier molecular flexibility index (Phi) is 3.70. The number of benzene rings is 1. The molecule has 0 radical (unpaired) electrons. The van der Waals surface area contributed by atoms with Crippen LogP contribution in [0.1, 0.15) is 13.8 Å². The summed E-state index contributed by atoms with van der Waals surface area (Å²) in [6.07, 6.45) is -0.145. The van der Waals surface area contributed by atoms with Gasteiger partial charge >= 0.3 is 6.98 Å². The number of hydrogen-bond acceptors (Lipinski definition) is 1. The van der Waals surface area contributed by atoms with Crippen molar-refractivity contribution >= 4 is 28.4 Å². The van der Waals surface area contributed by atoms with E-state index in [4.69, 9.17) is 4.74 Å². The van der Waals surface area contributed by atoms with Crippen molar-refractivity contribution in [3.63, 3.8) is 0 Å². The zero-order valence-electron chi connectivity index (χ0n) is 8.31. The molecule has 0 N–H and O–H groups in total. The van der Waals surface area contributed by atoms with Crippen molar-refractivity contribution in [1.82, 2.24) is 0 Å². The Morgan fingerprint density at radius 3 is 2.27 bits per heavy atom. The first-order valence-corrected chi connectivity index (χ1v) is 5.25. The predicted molar refractivity (Wildman–Crippen MR) is 58.6 cm³/mol. The first-order valence-electron chi connectivity index (χ1n) is 4.46. The number of rotatable bonds is 3. The van der Waals surface area contributed by atoms with Crippen LogP contribution in [-0.4, -0.2) is 13.1 Å². The van der Waals surface area contributed by atoms with Gasteiger partial charge in [0.25, 0.3) is 0 Å². The van der Waals surface area contributed by atoms with Crippen LogP contribution in [0.3, 0.4) is 0 Å². The van der Waals surface area contributed by atoms with Crippen LogP contribution in [0.2, 0.25) is 0 Å². The highest BCUT2D eigenvalue weighted by Gasteiger charge is 2.26. The van der Waals surface area contributed by atoms with Gasteiger partial charge in [-0.15, -0.1) is 5.46 Å². The Labute approximate surface area is 94.8 Å². The molecule has 0 aliphatic heterocycles. The predicted octanol–water partition coefficient (Wildman–Crippen LogP) is 3.29. The standard InChI is InChI=1S/C9H10BBrF3O/c1-6(2)15-9-4-7(10(12,13)14)3-8(11)5-9/h3-6H,1-2H3/q-1. The third kappa shape index (κ3) is 3.78. The highest BCUT2D eigenvalue weighted by molar-refractivity contribution is 9.10. The summed E-state index contributed by atoms with van der Waals surface area (Å²) in [5, 5.41) is 0. The van der Waals surface area contributed by atoms with Gasteiger partial charge in [0.05, 0.1) is 6.10 Å². The minimum atomic E-state index is -4.98. The second-order valence-electron chi connectivity index (χ2n) is 3.46. The molecule has 0 atom stereocenters. The van der Waals surface area contributed by atoms with E-state index >= 15 is 0 Å². The van der Waals surface area contributed by atoms with E-state index in [1.807, 2.05) is 0 Å². The summed E-state index contributed by atoms with van der Waals surface area (Å²) in [6.45, 7) is -1.46. The summed E-state index contributed by atoms with van der Waals surface area (Å²) in [5.41, 5.74) is -0.653. The van der Waals surface area contributed by atoms with Gasteiger partial charge < -0.3 is 17.7 Å². The van der Waals surface area contributed by atoms with E-state index < -0.39 is 12.4 Å². The zero-order chi connectivity index (χ0) is 11.6. The molecular weight excluding hydrogens is 272 g/mol. The molecule has 15 heavy (non-hydrogen) atoms. The Bertz CT molecular complexity index is 352. The van der Waals surface area contributed by atoms with Crippen LogP contribution in [0.5, 0.6) is 5.75 Å². The van der Waals surface area contributed by atoms with E-state index in [-0.39, 0.29) is 11.9 Å². The van der Waals surface area contributed by atoms with Crippen molar-refractivity contribution < 1.29 is 17.7 Å². The highest BCUT2D eigenvalue weighted by Crippen LogP contribution is 2.21. The first-order chi connectivity index (χ1) is 6.79. The van der Waals surface area contributed by atoms with Gasteiger partial charge in [0.2, 0.25) is 0 Å². The SMILES string of the molecule is CC(C)Oc1cc(Br)cc([B-](F)(F)F)c1. The normalized spacial score (nSPS) is 11.9. The zero-order valence-corrected chi connectivity index (χ0v) is 9.89. The molecule has 1 rings (SSSR count). The van der Waals surface area contributed by atoms with E-state index in [1.165, 1.54) is 6.07 Å². The largest absolute Gasteiger partial charge is 0.509 e. The second kappa shape index (κ2) is 4.47. The molecule has 0 saturated heterocycles. The Morgan fingerprint density at radius 2 is 1.80 bits per heavy atom. The van der Waals surface area contributed by atoms with Gasteiger partial charge in [-0.3, -0.25) is 0 Å². The fourth-order valence-corrected chi connectivity index (χ4v) is 1.60. The highest BCUT2D eigenvalue weighted by atomic mass is 79.9. The summed E-state index contributed by atoms with van der Waals surface area (Å²) < 4.78 is 43.0. The van der Waals surface area contributed by atoms with Crippen LogP contribution < -0.4 is 10.2 Å². The maximum absolute atomic E-state index is 12.5. The summed E-state index contributed by atoms with van der Waals surface area (Å²) >= 11 is 3.03. The minimum Gasteiger partial charge on any atom is -0.491 e. The molecular formula is C9H10BBrF3O-. The number of ether oxygens (including phenoxy) is 1. The molecule has 6 heteroatoms. The summed E-state index contributed by atoms with van der Waals surface area (Å²) in [4.78, 5) is 0. The molecule has 84 valence electrons. The van der Waals surface area contributed by atoms with Crippen LogP contribution in [0.25, 0.3) is 0 Å². The molecule has 0 bridgehead atoms. The van der Waals surface area contributed by atoms with Gasteiger partial charge in [-0.1, -0.05) is 22.0 Å². The van der Waals surface area contributed by atoms with Crippen molar-refractivity contribution in [1.29, 1.82) is 0 Å². The van der Waals surface area contributed by atoms with Crippen molar-refractivity contribution in [2.24, 2.45) is 0 Å². The van der Waals surface area contributed by atoms with Gasteiger partial charge in [-0.2, -0.15) is 0 Å². The van der Waals surface area contributed by atoms with Gasteiger partial charge in [-0.05, 0) is 26.0 Å². The van der Waals surface area contributed by atoms with Crippen LogP contribution in [0.15, 0.2) is 22.7 Å². The molecule has 0 aliphatic carbocycles. The van der Waals surface area contributed by atoms with E-state index in [9.17, 15) is 12.9 Å². The van der Waals surface area contributed by atoms with E-state index in [1.54, 1.807) is 13.8 Å². The second-order valence-corrected chi connectivity index (χ2v) is 4.38. The van der Waals surface area contributed by atoms with Crippen molar-refractivity contribution in [3.05, 3.63) is 22.7 Å². The van der Waals surface area contributed by atoms with Gasteiger partial charge in [0, 0.05) is 4.47 Å². The van der Waals surface area contributed by atoms with Crippen LogP contribution in [-0.2, 0) is 0 Å². The maximum atomic E-state index is 12.5. The summed E-state index contributed by atoms with van der Waals surface area (Å²) in [5.74, 6) is 0.230. The van der Waals surface area contributed by atoms with E-state index in [0.717, 1.165) is 12.1 Å². The molecule has 0 fully saturated rings. The van der Waals surface area contributed by atoms with Gasteiger partial charge in [0.1, 0.15) is 5.75 Å². The lowest BCUT2D eigenvalue weighted by molar-refractivity contribution is 0.242. The third-order valence-corrected chi connectivity index (χ3v) is 2.10. The Hall–Kier alpha value is -0.645.